The standard InChI is InChI=1S/C23H23ClFN3O3/c24-16-6-5-15(8-17(16)25)31-12-21(29)28-23-9-14(10-23)20(11-23)27-22(30)19-7-13-3-1-2-4-18(13)26-19/h1-6,8,14,19-20,26H,7,9-12H2,(H,27,30)(H,28,29)/t14?,19-,20+,23?/m1/s1. The van der Waals surface area contributed by atoms with Crippen LogP contribution < -0.4 is 20.7 Å². The molecule has 2 atom stereocenters. The van der Waals surface area contributed by atoms with Gasteiger partial charge < -0.3 is 20.7 Å². The molecule has 1 heterocycles. The van der Waals surface area contributed by atoms with Crippen molar-refractivity contribution < 1.29 is 18.7 Å². The summed E-state index contributed by atoms with van der Waals surface area (Å²) in [5.41, 5.74) is 1.88. The highest BCUT2D eigenvalue weighted by Gasteiger charge is 2.57. The smallest absolute Gasteiger partial charge is 0.258 e. The number of nitrogens with one attached hydrogen (secondary N) is 3. The fourth-order valence-corrected chi connectivity index (χ4v) is 5.21. The minimum Gasteiger partial charge on any atom is -0.484 e. The second kappa shape index (κ2) is 7.71. The monoisotopic (exact) mass is 443 g/mol. The highest BCUT2D eigenvalue weighted by molar-refractivity contribution is 6.30. The van der Waals surface area contributed by atoms with E-state index in [1.165, 1.54) is 12.1 Å². The molecule has 162 valence electrons. The van der Waals surface area contributed by atoms with Crippen LogP contribution >= 0.6 is 11.6 Å². The highest BCUT2D eigenvalue weighted by Crippen LogP contribution is 2.52. The van der Waals surface area contributed by atoms with Crippen LogP contribution in [0.1, 0.15) is 24.8 Å². The number of ether oxygens (including phenoxy) is 1. The summed E-state index contributed by atoms with van der Waals surface area (Å²) in [4.78, 5) is 25.1. The molecule has 0 unspecified atom stereocenters. The van der Waals surface area contributed by atoms with Crippen LogP contribution in [-0.2, 0) is 16.0 Å². The second-order valence-electron chi connectivity index (χ2n) is 8.74. The molecule has 6 nitrogen and oxygen atoms in total. The summed E-state index contributed by atoms with van der Waals surface area (Å²) < 4.78 is 18.9. The Bertz CT molecular complexity index is 1020. The van der Waals surface area contributed by atoms with Crippen molar-refractivity contribution in [1.82, 2.24) is 10.6 Å². The van der Waals surface area contributed by atoms with E-state index in [0.717, 1.165) is 30.2 Å². The molecule has 0 saturated heterocycles. The van der Waals surface area contributed by atoms with Gasteiger partial charge in [-0.2, -0.15) is 0 Å². The van der Waals surface area contributed by atoms with E-state index in [1.54, 1.807) is 0 Å². The van der Waals surface area contributed by atoms with Crippen molar-refractivity contribution in [2.75, 3.05) is 11.9 Å². The number of carbonyl (C=O) groups is 2. The topological polar surface area (TPSA) is 79.5 Å². The van der Waals surface area contributed by atoms with Crippen LogP contribution in [0.5, 0.6) is 5.75 Å². The van der Waals surface area contributed by atoms with Crippen molar-refractivity contribution in [3.05, 3.63) is 58.9 Å². The van der Waals surface area contributed by atoms with Crippen LogP contribution in [0.15, 0.2) is 42.5 Å². The number of hydrogen-bond donors (Lipinski definition) is 3. The summed E-state index contributed by atoms with van der Waals surface area (Å²) in [7, 11) is 0. The lowest BCUT2D eigenvalue weighted by Gasteiger charge is -2.39. The predicted molar refractivity (Wildman–Crippen MR) is 115 cm³/mol. The number of anilines is 1. The zero-order valence-corrected chi connectivity index (χ0v) is 17.5. The first-order valence-corrected chi connectivity index (χ1v) is 10.8. The Kier molecular flexibility index (Phi) is 5.01. The number of rotatable bonds is 6. The van der Waals surface area contributed by atoms with Gasteiger partial charge in [0.1, 0.15) is 17.6 Å². The molecule has 3 fully saturated rings. The molecule has 0 radical (unpaired) electrons. The van der Waals surface area contributed by atoms with Crippen LogP contribution in [0.25, 0.3) is 0 Å². The third-order valence-corrected chi connectivity index (χ3v) is 6.87. The summed E-state index contributed by atoms with van der Waals surface area (Å²) >= 11 is 5.65. The Balaban J connectivity index is 1.10. The normalized spacial score (nSPS) is 27.6. The molecule has 1 aliphatic heterocycles. The van der Waals surface area contributed by atoms with Gasteiger partial charge in [-0.05, 0) is 48.9 Å². The summed E-state index contributed by atoms with van der Waals surface area (Å²) in [6.45, 7) is -0.200. The molecule has 4 aliphatic rings. The van der Waals surface area contributed by atoms with Gasteiger partial charge in [0.15, 0.2) is 6.61 Å². The Morgan fingerprint density at radius 2 is 2.00 bits per heavy atom. The van der Waals surface area contributed by atoms with Gasteiger partial charge in [0, 0.05) is 29.8 Å². The average molecular weight is 444 g/mol. The molecular weight excluding hydrogens is 421 g/mol. The van der Waals surface area contributed by atoms with Gasteiger partial charge in [0.25, 0.3) is 5.91 Å². The maximum absolute atomic E-state index is 13.5. The summed E-state index contributed by atoms with van der Waals surface area (Å²) in [6, 6.07) is 11.8. The second-order valence-corrected chi connectivity index (χ2v) is 9.15. The first kappa shape index (κ1) is 20.1. The zero-order valence-electron chi connectivity index (χ0n) is 16.8. The van der Waals surface area contributed by atoms with E-state index in [9.17, 15) is 14.0 Å². The number of fused-ring (bicyclic) bond motifs is 2. The van der Waals surface area contributed by atoms with Crippen molar-refractivity contribution in [3.8, 4) is 5.75 Å². The molecule has 2 aromatic carbocycles. The molecule has 6 rings (SSSR count). The van der Waals surface area contributed by atoms with Crippen molar-refractivity contribution >= 4 is 29.1 Å². The first-order chi connectivity index (χ1) is 14.9. The van der Waals surface area contributed by atoms with Crippen molar-refractivity contribution in [2.45, 2.75) is 43.3 Å². The molecule has 3 saturated carbocycles. The lowest BCUT2D eigenvalue weighted by atomic mass is 9.76. The Labute approximate surface area is 184 Å². The lowest BCUT2D eigenvalue weighted by Crippen LogP contribution is -2.53. The van der Waals surface area contributed by atoms with Gasteiger partial charge in [0.2, 0.25) is 5.91 Å². The molecule has 0 spiro atoms. The summed E-state index contributed by atoms with van der Waals surface area (Å²) in [6.07, 6.45) is 3.09. The van der Waals surface area contributed by atoms with Crippen molar-refractivity contribution in [1.29, 1.82) is 0 Å². The highest BCUT2D eigenvalue weighted by atomic mass is 35.5. The minimum atomic E-state index is -0.589. The largest absolute Gasteiger partial charge is 0.484 e. The average Bonchev–Trinajstić information content (AvgIpc) is 3.39. The van der Waals surface area contributed by atoms with Gasteiger partial charge in [-0.3, -0.25) is 9.59 Å². The molecular formula is C23H23ClFN3O3. The Morgan fingerprint density at radius 3 is 2.77 bits per heavy atom. The molecule has 2 aromatic rings. The third-order valence-electron chi connectivity index (χ3n) is 6.57. The maximum atomic E-state index is 13.5. The summed E-state index contributed by atoms with van der Waals surface area (Å²) in [5, 5.41) is 9.52. The van der Waals surface area contributed by atoms with E-state index in [1.807, 2.05) is 24.3 Å². The van der Waals surface area contributed by atoms with E-state index in [4.69, 9.17) is 16.3 Å². The molecule has 31 heavy (non-hydrogen) atoms. The van der Waals surface area contributed by atoms with Crippen LogP contribution in [0.2, 0.25) is 5.02 Å². The zero-order chi connectivity index (χ0) is 21.6. The quantitative estimate of drug-likeness (QED) is 0.641. The molecule has 3 N–H and O–H groups in total. The Morgan fingerprint density at radius 1 is 1.19 bits per heavy atom. The number of para-hydroxylation sites is 1. The van der Waals surface area contributed by atoms with Crippen LogP contribution in [-0.4, -0.2) is 36.0 Å². The van der Waals surface area contributed by atoms with Crippen LogP contribution in [0.4, 0.5) is 10.1 Å². The predicted octanol–water partition coefficient (Wildman–Crippen LogP) is 3.05. The molecule has 3 aliphatic carbocycles. The van der Waals surface area contributed by atoms with E-state index in [2.05, 4.69) is 16.0 Å². The molecule has 2 bridgehead atoms. The van der Waals surface area contributed by atoms with Crippen LogP contribution in [0, 0.1) is 11.7 Å². The first-order valence-electron chi connectivity index (χ1n) is 10.4. The maximum Gasteiger partial charge on any atom is 0.258 e. The molecule has 2 amide bonds. The number of amides is 2. The van der Waals surface area contributed by atoms with E-state index in [0.29, 0.717) is 18.8 Å². The van der Waals surface area contributed by atoms with Gasteiger partial charge in [-0.25, -0.2) is 4.39 Å². The number of halogens is 2. The molecule has 8 heteroatoms. The fourth-order valence-electron chi connectivity index (χ4n) is 5.09. The van der Waals surface area contributed by atoms with E-state index >= 15 is 0 Å². The van der Waals surface area contributed by atoms with Crippen LogP contribution in [0.3, 0.4) is 0 Å². The number of carbonyl (C=O) groups excluding carboxylic acids is 2. The number of hydrogen-bond acceptors (Lipinski definition) is 4. The van der Waals surface area contributed by atoms with E-state index in [-0.39, 0.29) is 46.8 Å². The van der Waals surface area contributed by atoms with Gasteiger partial charge >= 0.3 is 0 Å². The van der Waals surface area contributed by atoms with Gasteiger partial charge in [-0.1, -0.05) is 29.8 Å². The van der Waals surface area contributed by atoms with E-state index < -0.39 is 5.82 Å². The van der Waals surface area contributed by atoms with Crippen molar-refractivity contribution in [2.24, 2.45) is 5.92 Å². The van der Waals surface area contributed by atoms with Gasteiger partial charge in [0.05, 0.1) is 5.02 Å². The van der Waals surface area contributed by atoms with Crippen molar-refractivity contribution in [3.63, 3.8) is 0 Å². The summed E-state index contributed by atoms with van der Waals surface area (Å²) in [5.74, 6) is -0.215. The number of benzene rings is 2. The fraction of sp³-hybridized carbons (Fsp3) is 0.391. The van der Waals surface area contributed by atoms with Gasteiger partial charge in [-0.15, -0.1) is 0 Å². The lowest BCUT2D eigenvalue weighted by molar-refractivity contribution is -0.126. The molecule has 0 aromatic heterocycles. The Hall–Kier alpha value is -2.80. The SMILES string of the molecule is O=C(COc1ccc(Cl)c(F)c1)NC12CC(C1)[C@@H](NC(=O)[C@H]1Cc3ccccc3N1)C2. The third kappa shape index (κ3) is 3.94. The minimum absolute atomic E-state index is 0.00308.